The molecule has 0 aliphatic rings. The summed E-state index contributed by atoms with van der Waals surface area (Å²) < 4.78 is 0. The van der Waals surface area contributed by atoms with Crippen LogP contribution < -0.4 is 53.6 Å². The number of carbonyl (C=O) groups excluding carboxylic acids is 10. The highest BCUT2D eigenvalue weighted by atomic mass is 35.5. The average Bonchev–Trinajstić information content (AvgIpc) is 3.65. The fourth-order valence-electron chi connectivity index (χ4n) is 8.18. The quantitative estimate of drug-likeness (QED) is 0.0291. The SMILES string of the molecule is CC(C)C[C@H](NC(=O)[C@@H](NC(=O)CNC(=O)c1ccccc1)C(C)C)C(=O)N[C@@H](CCCCNC(=O)C[C@H](Sc1cccc(Cl)c1)C(=O)O)C(=O)N[C@@H](CCC(=O)O)C(=O)N[C@@H](Cc1ccc(O)cc1)C(=O)NCC(=O)N[C@H](C(N)=O)C(C)C. The molecule has 0 aromatic heterocycles. The van der Waals surface area contributed by atoms with Gasteiger partial charge in [0.2, 0.25) is 53.2 Å². The molecule has 0 saturated heterocycles. The maximum absolute atomic E-state index is 14.5. The third-order valence-electron chi connectivity index (χ3n) is 12.6. The lowest BCUT2D eigenvalue weighted by molar-refractivity contribution is -0.139. The smallest absolute Gasteiger partial charge is 0.317 e. The number of rotatable bonds is 36. The number of phenolic OH excluding ortho intramolecular Hbond substituents is 1. The third-order valence-corrected chi connectivity index (χ3v) is 14.1. The number of phenols is 1. The highest BCUT2D eigenvalue weighted by Gasteiger charge is 2.34. The zero-order valence-corrected chi connectivity index (χ0v) is 49.2. The number of nitrogens with one attached hydrogen (secondary N) is 9. The van der Waals surface area contributed by atoms with E-state index in [4.69, 9.17) is 17.3 Å². The summed E-state index contributed by atoms with van der Waals surface area (Å²) in [6.45, 7) is 8.92. The van der Waals surface area contributed by atoms with E-state index in [9.17, 15) is 72.9 Å². The summed E-state index contributed by atoms with van der Waals surface area (Å²) in [4.78, 5) is 159. The molecule has 0 unspecified atom stereocenters. The summed E-state index contributed by atoms with van der Waals surface area (Å²) >= 11 is 6.99. The molecule has 3 rings (SSSR count). The van der Waals surface area contributed by atoms with E-state index < -0.39 is 157 Å². The molecule has 84 heavy (non-hydrogen) atoms. The maximum Gasteiger partial charge on any atom is 0.317 e. The standard InChI is InChI=1S/C57H77ClN10O15S/c1-31(2)25-41(66-56(81)49(33(5)6)68-46(72)29-61-51(76)35-13-8-7-9-14-35)55(80)63-39(17-10-11-24-60-44(70)28-43(57(82)83)84-38-16-12-15-36(58)27-38)53(78)64-40(22-23-47(73)74)54(79)65-42(26-34-18-20-37(69)21-19-34)52(77)62-30-45(71)67-48(32(3)4)50(59)75/h7-9,12-16,18-21,27,31-33,39-43,48-49,69H,10-11,17,22-26,28-30H2,1-6H3,(H2,59,75)(H,60,70)(H,61,76)(H,62,77)(H,63,80)(H,64,78)(H,65,79)(H,66,81)(H,67,71)(H,68,72)(H,73,74)(H,82,83)/t39-,40-,41-,42-,43-,48-,49-/m0/s1. The Morgan fingerprint density at radius 3 is 1.69 bits per heavy atom. The zero-order valence-electron chi connectivity index (χ0n) is 47.7. The first-order valence-corrected chi connectivity index (χ1v) is 28.5. The molecule has 0 saturated carbocycles. The number of carbonyl (C=O) groups is 12. The van der Waals surface area contributed by atoms with Crippen LogP contribution >= 0.6 is 23.4 Å². The molecule has 7 atom stereocenters. The largest absolute Gasteiger partial charge is 0.508 e. The summed E-state index contributed by atoms with van der Waals surface area (Å²) in [6, 6.07) is 11.8. The minimum absolute atomic E-state index is 0.00993. The number of primary amides is 1. The van der Waals surface area contributed by atoms with Gasteiger partial charge in [-0.05, 0) is 97.9 Å². The number of carboxylic acid groups (broad SMARTS) is 2. The minimum Gasteiger partial charge on any atom is -0.508 e. The Bertz CT molecular complexity index is 2770. The number of halogens is 1. The molecular formula is C57H77ClN10O15S. The molecule has 0 fully saturated rings. The number of carboxylic acids is 2. The number of unbranched alkanes of at least 4 members (excludes halogenated alkanes) is 1. The number of benzene rings is 3. The van der Waals surface area contributed by atoms with Gasteiger partial charge in [-0.25, -0.2) is 0 Å². The number of aliphatic carboxylic acids is 2. The van der Waals surface area contributed by atoms with E-state index in [0.29, 0.717) is 21.0 Å². The molecule has 0 radical (unpaired) electrons. The highest BCUT2D eigenvalue weighted by molar-refractivity contribution is 8.00. The van der Waals surface area contributed by atoms with Crippen LogP contribution in [0, 0.1) is 17.8 Å². The fourth-order valence-corrected chi connectivity index (χ4v) is 9.45. The molecule has 27 heteroatoms. The fraction of sp³-hybridized carbons (Fsp3) is 0.474. The molecule has 0 aliphatic carbocycles. The number of nitrogens with two attached hydrogens (primary N) is 1. The molecule has 10 amide bonds. The summed E-state index contributed by atoms with van der Waals surface area (Å²) in [5.74, 6) is -12.0. The Hall–Kier alpha value is -8.26. The average molecular weight is 1210 g/mol. The van der Waals surface area contributed by atoms with Gasteiger partial charge in [0.1, 0.15) is 47.3 Å². The van der Waals surface area contributed by atoms with E-state index in [1.165, 1.54) is 24.3 Å². The lowest BCUT2D eigenvalue weighted by Gasteiger charge is -2.28. The van der Waals surface area contributed by atoms with Crippen LogP contribution in [0.3, 0.4) is 0 Å². The Balaban J connectivity index is 1.91. The zero-order chi connectivity index (χ0) is 62.6. The molecule has 0 bridgehead atoms. The van der Waals surface area contributed by atoms with Gasteiger partial charge >= 0.3 is 11.9 Å². The van der Waals surface area contributed by atoms with Gasteiger partial charge in [-0.2, -0.15) is 0 Å². The van der Waals surface area contributed by atoms with Crippen molar-refractivity contribution in [1.82, 2.24) is 47.9 Å². The van der Waals surface area contributed by atoms with Gasteiger partial charge in [-0.15, -0.1) is 11.8 Å². The second kappa shape index (κ2) is 35.7. The van der Waals surface area contributed by atoms with E-state index in [1.807, 2.05) is 0 Å². The van der Waals surface area contributed by atoms with Gasteiger partial charge in [0.15, 0.2) is 0 Å². The molecule has 14 N–H and O–H groups in total. The van der Waals surface area contributed by atoms with E-state index in [2.05, 4.69) is 47.9 Å². The van der Waals surface area contributed by atoms with Crippen LogP contribution in [-0.2, 0) is 59.2 Å². The number of aromatic hydroxyl groups is 1. The van der Waals surface area contributed by atoms with E-state index in [0.717, 1.165) is 11.8 Å². The monoisotopic (exact) mass is 1210 g/mol. The van der Waals surface area contributed by atoms with E-state index in [-0.39, 0.29) is 50.3 Å². The Morgan fingerprint density at radius 1 is 0.571 bits per heavy atom. The Kier molecular flexibility index (Phi) is 29.7. The van der Waals surface area contributed by atoms with Crippen molar-refractivity contribution in [2.24, 2.45) is 23.5 Å². The number of hydrogen-bond acceptors (Lipinski definition) is 14. The van der Waals surface area contributed by atoms with Gasteiger partial charge in [0, 0.05) is 41.3 Å². The Morgan fingerprint density at radius 2 is 1.13 bits per heavy atom. The maximum atomic E-state index is 14.5. The summed E-state index contributed by atoms with van der Waals surface area (Å²) in [7, 11) is 0. The number of amides is 10. The first kappa shape index (κ1) is 70.0. The van der Waals surface area contributed by atoms with Crippen molar-refractivity contribution in [2.45, 2.75) is 139 Å². The molecule has 0 spiro atoms. The van der Waals surface area contributed by atoms with Crippen LogP contribution in [-0.4, -0.2) is 147 Å². The van der Waals surface area contributed by atoms with Crippen LogP contribution in [0.5, 0.6) is 5.75 Å². The van der Waals surface area contributed by atoms with Crippen molar-refractivity contribution < 1.29 is 72.9 Å². The van der Waals surface area contributed by atoms with Gasteiger partial charge in [0.05, 0.1) is 13.1 Å². The second-order valence-electron chi connectivity index (χ2n) is 20.9. The first-order chi connectivity index (χ1) is 39.6. The van der Waals surface area contributed by atoms with Gasteiger partial charge < -0.3 is 68.9 Å². The van der Waals surface area contributed by atoms with Crippen LogP contribution in [0.25, 0.3) is 0 Å². The molecular weight excluding hydrogens is 1130 g/mol. The number of hydrogen-bond donors (Lipinski definition) is 13. The van der Waals surface area contributed by atoms with Crippen molar-refractivity contribution in [2.75, 3.05) is 19.6 Å². The predicted molar refractivity (Wildman–Crippen MR) is 311 cm³/mol. The molecule has 25 nitrogen and oxygen atoms in total. The lowest BCUT2D eigenvalue weighted by Crippen LogP contribution is -2.60. The third kappa shape index (κ3) is 25.9. The topological polar surface area (TPSA) is 400 Å². The van der Waals surface area contributed by atoms with E-state index in [1.54, 1.807) is 96.1 Å². The first-order valence-electron chi connectivity index (χ1n) is 27.3. The second-order valence-corrected chi connectivity index (χ2v) is 22.6. The lowest BCUT2D eigenvalue weighted by atomic mass is 9.99. The number of thioether (sulfide) groups is 1. The van der Waals surface area contributed by atoms with Crippen molar-refractivity contribution in [1.29, 1.82) is 0 Å². The van der Waals surface area contributed by atoms with Crippen molar-refractivity contribution in [3.8, 4) is 5.75 Å². The summed E-state index contributed by atoms with van der Waals surface area (Å²) in [5.41, 5.74) is 6.13. The molecule has 3 aromatic rings. The normalized spacial score (nSPS) is 13.5. The van der Waals surface area contributed by atoms with Gasteiger partial charge in [0.25, 0.3) is 5.91 Å². The molecule has 3 aromatic carbocycles. The molecule has 458 valence electrons. The van der Waals surface area contributed by atoms with Crippen LogP contribution in [0.15, 0.2) is 83.8 Å². The van der Waals surface area contributed by atoms with Crippen LogP contribution in [0.1, 0.15) is 102 Å². The predicted octanol–water partition coefficient (Wildman–Crippen LogP) is 1.67. The van der Waals surface area contributed by atoms with E-state index >= 15 is 0 Å². The van der Waals surface area contributed by atoms with Crippen molar-refractivity contribution in [3.05, 3.63) is 95.0 Å². The van der Waals surface area contributed by atoms with Gasteiger partial charge in [-0.1, -0.05) is 89.5 Å². The minimum atomic E-state index is -1.70. The summed E-state index contributed by atoms with van der Waals surface area (Å²) in [6.07, 6.45) is -1.82. The highest BCUT2D eigenvalue weighted by Crippen LogP contribution is 2.28. The summed E-state index contributed by atoms with van der Waals surface area (Å²) in [5, 5.41) is 51.6. The van der Waals surface area contributed by atoms with Crippen molar-refractivity contribution in [3.63, 3.8) is 0 Å². The molecule has 0 heterocycles. The van der Waals surface area contributed by atoms with Gasteiger partial charge in [-0.3, -0.25) is 57.5 Å². The van der Waals surface area contributed by atoms with Crippen LogP contribution in [0.4, 0.5) is 0 Å². The molecule has 0 aliphatic heterocycles. The Labute approximate surface area is 496 Å². The van der Waals surface area contributed by atoms with Crippen molar-refractivity contribution >= 4 is 94.4 Å². The van der Waals surface area contributed by atoms with Crippen LogP contribution in [0.2, 0.25) is 5.02 Å².